The Balaban J connectivity index is 2.05. The molecule has 1 aromatic heterocycles. The fourth-order valence-electron chi connectivity index (χ4n) is 2.58. The molecule has 1 heterocycles. The molecule has 0 aliphatic heterocycles. The molecule has 3 rings (SSSR count). The predicted molar refractivity (Wildman–Crippen MR) is 111 cm³/mol. The number of amides is 1. The van der Waals surface area contributed by atoms with Gasteiger partial charge in [0.05, 0.1) is 20.4 Å². The van der Waals surface area contributed by atoms with E-state index >= 15 is 0 Å². The second-order valence-corrected chi connectivity index (χ2v) is 10.7. The zero-order chi connectivity index (χ0) is 19.8. The van der Waals surface area contributed by atoms with Gasteiger partial charge in [-0.15, -0.1) is 11.8 Å². The number of aryl methyl sites for hydroxylation is 1. The van der Waals surface area contributed by atoms with Crippen LogP contribution in [0.5, 0.6) is 0 Å². The zero-order valence-electron chi connectivity index (χ0n) is 15.5. The molecule has 0 N–H and O–H groups in total. The summed E-state index contributed by atoms with van der Waals surface area (Å²) < 4.78 is 27.6. The Bertz CT molecular complexity index is 1190. The SMILES string of the molecule is CSc1ccc2c(c1)sc(=NC(=O)c1cccc(S(=O)(=O)C(C)C)c1)n2C. The van der Waals surface area contributed by atoms with Crippen LogP contribution in [0.2, 0.25) is 0 Å². The van der Waals surface area contributed by atoms with Crippen LogP contribution in [0.15, 0.2) is 57.2 Å². The van der Waals surface area contributed by atoms with Crippen LogP contribution in [0.4, 0.5) is 0 Å². The minimum absolute atomic E-state index is 0.142. The third-order valence-corrected chi connectivity index (χ3v) is 8.22. The van der Waals surface area contributed by atoms with Crippen LogP contribution < -0.4 is 4.80 Å². The molecule has 0 fully saturated rings. The van der Waals surface area contributed by atoms with Crippen molar-refractivity contribution in [2.45, 2.75) is 28.9 Å². The van der Waals surface area contributed by atoms with Crippen molar-refractivity contribution in [1.29, 1.82) is 0 Å². The monoisotopic (exact) mass is 420 g/mol. The maximum atomic E-state index is 12.6. The molecule has 0 unspecified atom stereocenters. The normalized spacial score (nSPS) is 12.9. The van der Waals surface area contributed by atoms with Gasteiger partial charge in [0, 0.05) is 17.5 Å². The fourth-order valence-corrected chi connectivity index (χ4v) is 5.25. The Kier molecular flexibility index (Phi) is 5.60. The third kappa shape index (κ3) is 3.88. The van der Waals surface area contributed by atoms with Gasteiger partial charge >= 0.3 is 0 Å². The van der Waals surface area contributed by atoms with E-state index < -0.39 is 21.0 Å². The van der Waals surface area contributed by atoms with Gasteiger partial charge in [0.2, 0.25) is 0 Å². The minimum atomic E-state index is -3.44. The molecule has 0 radical (unpaired) electrons. The molecule has 3 aromatic rings. The van der Waals surface area contributed by atoms with Gasteiger partial charge < -0.3 is 4.57 Å². The summed E-state index contributed by atoms with van der Waals surface area (Å²) in [5, 5.41) is -0.550. The highest BCUT2D eigenvalue weighted by Crippen LogP contribution is 2.23. The van der Waals surface area contributed by atoms with E-state index in [1.54, 1.807) is 37.7 Å². The summed E-state index contributed by atoms with van der Waals surface area (Å²) in [5.74, 6) is -0.456. The van der Waals surface area contributed by atoms with Crippen LogP contribution in [0, 0.1) is 0 Å². The van der Waals surface area contributed by atoms with Crippen molar-refractivity contribution in [3.63, 3.8) is 0 Å². The molecule has 0 saturated heterocycles. The number of aromatic nitrogens is 1. The Morgan fingerprint density at radius 2 is 1.93 bits per heavy atom. The molecule has 0 atom stereocenters. The molecule has 2 aromatic carbocycles. The fraction of sp³-hybridized carbons (Fsp3) is 0.263. The smallest absolute Gasteiger partial charge is 0.279 e. The van der Waals surface area contributed by atoms with E-state index in [0.29, 0.717) is 4.80 Å². The molecule has 0 spiro atoms. The van der Waals surface area contributed by atoms with Crippen molar-refractivity contribution in [1.82, 2.24) is 4.57 Å². The van der Waals surface area contributed by atoms with Crippen molar-refractivity contribution in [2.24, 2.45) is 12.0 Å². The molecule has 0 aliphatic rings. The molecule has 0 bridgehead atoms. The molecule has 1 amide bonds. The zero-order valence-corrected chi connectivity index (χ0v) is 17.9. The first-order chi connectivity index (χ1) is 12.7. The van der Waals surface area contributed by atoms with Crippen LogP contribution in [-0.2, 0) is 16.9 Å². The highest BCUT2D eigenvalue weighted by Gasteiger charge is 2.20. The van der Waals surface area contributed by atoms with Gasteiger partial charge in [-0.05, 0) is 56.5 Å². The van der Waals surface area contributed by atoms with Crippen molar-refractivity contribution in [2.75, 3.05) is 6.26 Å². The molecule has 27 heavy (non-hydrogen) atoms. The summed E-state index contributed by atoms with van der Waals surface area (Å²) in [6.07, 6.45) is 2.02. The topological polar surface area (TPSA) is 68.5 Å². The Hall–Kier alpha value is -1.90. The predicted octanol–water partition coefficient (Wildman–Crippen LogP) is 3.88. The molecule has 0 aliphatic carbocycles. The van der Waals surface area contributed by atoms with Gasteiger partial charge in [-0.25, -0.2) is 8.42 Å². The average Bonchev–Trinajstić information content (AvgIpc) is 2.96. The van der Waals surface area contributed by atoms with Crippen molar-refractivity contribution in [3.05, 3.63) is 52.8 Å². The number of thioether (sulfide) groups is 1. The molecule has 142 valence electrons. The Labute approximate surface area is 166 Å². The van der Waals surface area contributed by atoms with E-state index in [-0.39, 0.29) is 10.5 Å². The van der Waals surface area contributed by atoms with E-state index in [9.17, 15) is 13.2 Å². The maximum Gasteiger partial charge on any atom is 0.279 e. The summed E-state index contributed by atoms with van der Waals surface area (Å²) in [6.45, 7) is 3.24. The summed E-state index contributed by atoms with van der Waals surface area (Å²) >= 11 is 3.09. The number of sulfone groups is 1. The molecular formula is C19H20N2O3S3. The lowest BCUT2D eigenvalue weighted by Gasteiger charge is -2.08. The second-order valence-electron chi connectivity index (χ2n) is 6.32. The van der Waals surface area contributed by atoms with Gasteiger partial charge in [0.15, 0.2) is 14.6 Å². The van der Waals surface area contributed by atoms with E-state index in [0.717, 1.165) is 15.1 Å². The number of carbonyl (C=O) groups is 1. The minimum Gasteiger partial charge on any atom is -0.319 e. The van der Waals surface area contributed by atoms with Gasteiger partial charge in [-0.1, -0.05) is 17.4 Å². The van der Waals surface area contributed by atoms with Crippen molar-refractivity contribution < 1.29 is 13.2 Å². The van der Waals surface area contributed by atoms with E-state index in [1.807, 2.05) is 30.0 Å². The highest BCUT2D eigenvalue weighted by molar-refractivity contribution is 7.98. The maximum absolute atomic E-state index is 12.6. The van der Waals surface area contributed by atoms with Gasteiger partial charge in [0.1, 0.15) is 0 Å². The van der Waals surface area contributed by atoms with Gasteiger partial charge in [-0.3, -0.25) is 4.79 Å². The number of rotatable bonds is 4. The third-order valence-electron chi connectivity index (χ3n) is 4.24. The number of fused-ring (bicyclic) bond motifs is 1. The van der Waals surface area contributed by atoms with Gasteiger partial charge in [-0.2, -0.15) is 4.99 Å². The quantitative estimate of drug-likeness (QED) is 0.601. The molecular weight excluding hydrogens is 400 g/mol. The first kappa shape index (κ1) is 19.9. The number of thiazole rings is 1. The van der Waals surface area contributed by atoms with Crippen LogP contribution in [0.1, 0.15) is 24.2 Å². The summed E-state index contributed by atoms with van der Waals surface area (Å²) in [6, 6.07) is 12.2. The Morgan fingerprint density at radius 1 is 1.19 bits per heavy atom. The molecule has 0 saturated carbocycles. The van der Waals surface area contributed by atoms with Crippen LogP contribution >= 0.6 is 23.1 Å². The van der Waals surface area contributed by atoms with E-state index in [4.69, 9.17) is 0 Å². The van der Waals surface area contributed by atoms with Crippen LogP contribution in [-0.4, -0.2) is 30.4 Å². The standard InChI is InChI=1S/C19H20N2O3S3/c1-12(2)27(23,24)15-7-5-6-13(10-15)18(22)20-19-21(3)16-9-8-14(25-4)11-17(16)26-19/h5-12H,1-4H3. The lowest BCUT2D eigenvalue weighted by molar-refractivity contribution is 0.0997. The highest BCUT2D eigenvalue weighted by atomic mass is 32.2. The molecule has 8 heteroatoms. The second kappa shape index (κ2) is 7.61. The summed E-state index contributed by atoms with van der Waals surface area (Å²) in [4.78, 5) is 18.7. The van der Waals surface area contributed by atoms with Crippen LogP contribution in [0.3, 0.4) is 0 Å². The van der Waals surface area contributed by atoms with Gasteiger partial charge in [0.25, 0.3) is 5.91 Å². The summed E-state index contributed by atoms with van der Waals surface area (Å²) in [7, 11) is -1.58. The lowest BCUT2D eigenvalue weighted by atomic mass is 10.2. The first-order valence-electron chi connectivity index (χ1n) is 8.30. The number of hydrogen-bond acceptors (Lipinski definition) is 5. The number of carbonyl (C=O) groups excluding carboxylic acids is 1. The number of hydrogen-bond donors (Lipinski definition) is 0. The lowest BCUT2D eigenvalue weighted by Crippen LogP contribution is -2.15. The van der Waals surface area contributed by atoms with E-state index in [2.05, 4.69) is 11.1 Å². The molecule has 5 nitrogen and oxygen atoms in total. The average molecular weight is 421 g/mol. The summed E-state index contributed by atoms with van der Waals surface area (Å²) in [5.41, 5.74) is 1.26. The van der Waals surface area contributed by atoms with E-state index in [1.165, 1.54) is 23.5 Å². The van der Waals surface area contributed by atoms with Crippen molar-refractivity contribution in [3.8, 4) is 0 Å². The number of benzene rings is 2. The van der Waals surface area contributed by atoms with Crippen LogP contribution in [0.25, 0.3) is 10.2 Å². The number of nitrogens with zero attached hydrogens (tertiary/aromatic N) is 2. The Morgan fingerprint density at radius 3 is 2.59 bits per heavy atom. The van der Waals surface area contributed by atoms with Crippen molar-refractivity contribution >= 4 is 49.1 Å². The largest absolute Gasteiger partial charge is 0.319 e. The first-order valence-corrected chi connectivity index (χ1v) is 11.9.